The average Bonchev–Trinajstić information content (AvgIpc) is 3.17. The molecule has 0 radical (unpaired) electrons. The van der Waals surface area contributed by atoms with Crippen LogP contribution in [0.2, 0.25) is 0 Å². The Hall–Kier alpha value is -2.29. The molecule has 1 N–H and O–H groups in total. The van der Waals surface area contributed by atoms with Crippen LogP contribution in [0.5, 0.6) is 5.75 Å². The summed E-state index contributed by atoms with van der Waals surface area (Å²) in [6.07, 6.45) is 4.33. The first kappa shape index (κ1) is 22.4. The van der Waals surface area contributed by atoms with E-state index in [1.165, 1.54) is 5.69 Å². The normalized spacial score (nSPS) is 15.1. The molecule has 30 heavy (non-hydrogen) atoms. The number of hydrogen-bond acceptors (Lipinski definition) is 3. The highest BCUT2D eigenvalue weighted by atomic mass is 127. The number of benzene rings is 1. The summed E-state index contributed by atoms with van der Waals surface area (Å²) in [6, 6.07) is 16.2. The Bertz CT molecular complexity index is 964. The van der Waals surface area contributed by atoms with Gasteiger partial charge in [-0.25, -0.2) is 9.98 Å². The number of aliphatic imine (C=N–C) groups is 1. The average molecular weight is 519 g/mol. The second-order valence-electron chi connectivity index (χ2n) is 7.42. The van der Waals surface area contributed by atoms with Gasteiger partial charge in [-0.15, -0.1) is 24.0 Å². The van der Waals surface area contributed by atoms with Gasteiger partial charge in [-0.3, -0.25) is 0 Å². The largest absolute Gasteiger partial charge is 0.490 e. The highest BCUT2D eigenvalue weighted by Gasteiger charge is 2.22. The van der Waals surface area contributed by atoms with Crippen molar-refractivity contribution in [2.24, 2.45) is 4.99 Å². The monoisotopic (exact) mass is 519 g/mol. The minimum Gasteiger partial charge on any atom is -0.490 e. The molecule has 1 fully saturated rings. The SMILES string of the molecule is CCNC(=NCc1cn2c(C)cccc2n1)N1CCC(Oc2ccccc2)CC1.I. The van der Waals surface area contributed by atoms with E-state index in [2.05, 4.69) is 40.7 Å². The number of guanidine groups is 1. The van der Waals surface area contributed by atoms with E-state index < -0.39 is 0 Å². The summed E-state index contributed by atoms with van der Waals surface area (Å²) < 4.78 is 8.23. The molecular formula is C23H30IN5O. The van der Waals surface area contributed by atoms with Crippen molar-refractivity contribution in [3.63, 3.8) is 0 Å². The number of halogens is 1. The predicted octanol–water partition coefficient (Wildman–Crippen LogP) is 4.27. The molecule has 0 saturated carbocycles. The van der Waals surface area contributed by atoms with Crippen LogP contribution >= 0.6 is 24.0 Å². The lowest BCUT2D eigenvalue weighted by atomic mass is 10.1. The van der Waals surface area contributed by atoms with Crippen molar-refractivity contribution in [3.8, 4) is 5.75 Å². The number of nitrogens with zero attached hydrogens (tertiary/aromatic N) is 4. The Morgan fingerprint density at radius 1 is 1.13 bits per heavy atom. The Balaban J connectivity index is 0.00000256. The number of imidazole rings is 1. The van der Waals surface area contributed by atoms with E-state index in [-0.39, 0.29) is 30.1 Å². The summed E-state index contributed by atoms with van der Waals surface area (Å²) in [4.78, 5) is 11.9. The fourth-order valence-corrected chi connectivity index (χ4v) is 3.73. The first-order valence-electron chi connectivity index (χ1n) is 10.4. The van der Waals surface area contributed by atoms with E-state index in [9.17, 15) is 0 Å². The van der Waals surface area contributed by atoms with Gasteiger partial charge in [-0.2, -0.15) is 0 Å². The number of hydrogen-bond donors (Lipinski definition) is 1. The molecule has 0 amide bonds. The highest BCUT2D eigenvalue weighted by molar-refractivity contribution is 14.0. The fraction of sp³-hybridized carbons (Fsp3) is 0.391. The van der Waals surface area contributed by atoms with Crippen molar-refractivity contribution in [1.82, 2.24) is 19.6 Å². The van der Waals surface area contributed by atoms with Gasteiger partial charge in [-0.1, -0.05) is 24.3 Å². The number of rotatable bonds is 5. The first-order valence-corrected chi connectivity index (χ1v) is 10.4. The molecule has 1 aliphatic rings. The Kier molecular flexibility index (Phi) is 7.95. The third-order valence-corrected chi connectivity index (χ3v) is 5.26. The fourth-order valence-electron chi connectivity index (χ4n) is 3.73. The summed E-state index contributed by atoms with van der Waals surface area (Å²) in [6.45, 7) is 7.50. The molecule has 4 rings (SSSR count). The van der Waals surface area contributed by atoms with E-state index >= 15 is 0 Å². The number of ether oxygens (including phenoxy) is 1. The maximum atomic E-state index is 6.12. The van der Waals surface area contributed by atoms with Crippen LogP contribution < -0.4 is 10.1 Å². The van der Waals surface area contributed by atoms with Crippen LogP contribution in [0.3, 0.4) is 0 Å². The van der Waals surface area contributed by atoms with E-state index in [1.54, 1.807) is 0 Å². The van der Waals surface area contributed by atoms with Crippen LogP contribution in [0, 0.1) is 6.92 Å². The number of nitrogens with one attached hydrogen (secondary N) is 1. The summed E-state index contributed by atoms with van der Waals surface area (Å²) in [5.41, 5.74) is 3.13. The summed E-state index contributed by atoms with van der Waals surface area (Å²) in [5, 5.41) is 3.43. The lowest BCUT2D eigenvalue weighted by Gasteiger charge is -2.34. The number of aryl methyl sites for hydroxylation is 1. The molecule has 160 valence electrons. The number of aromatic nitrogens is 2. The van der Waals surface area contributed by atoms with Crippen LogP contribution in [-0.2, 0) is 6.54 Å². The maximum Gasteiger partial charge on any atom is 0.194 e. The standard InChI is InChI=1S/C23H29N5O.HI/c1-3-24-23(25-16-19-17-28-18(2)8-7-11-22(28)26-19)27-14-12-21(13-15-27)29-20-9-5-4-6-10-20;/h4-11,17,21H,3,12-16H2,1-2H3,(H,24,25);1H. The topological polar surface area (TPSA) is 54.2 Å². The van der Waals surface area contributed by atoms with Crippen molar-refractivity contribution in [2.75, 3.05) is 19.6 Å². The quantitative estimate of drug-likeness (QED) is 0.311. The lowest BCUT2D eigenvalue weighted by molar-refractivity contribution is 0.129. The van der Waals surface area contributed by atoms with Crippen molar-refractivity contribution >= 4 is 35.6 Å². The van der Waals surface area contributed by atoms with Crippen molar-refractivity contribution in [2.45, 2.75) is 39.3 Å². The van der Waals surface area contributed by atoms with Gasteiger partial charge in [0.1, 0.15) is 17.5 Å². The second-order valence-corrected chi connectivity index (χ2v) is 7.42. The van der Waals surface area contributed by atoms with Gasteiger partial charge < -0.3 is 19.4 Å². The minimum atomic E-state index is 0. The number of para-hydroxylation sites is 1. The molecule has 2 aromatic heterocycles. The molecule has 1 aliphatic heterocycles. The molecule has 7 heteroatoms. The van der Waals surface area contributed by atoms with Crippen LogP contribution in [0.1, 0.15) is 31.2 Å². The number of pyridine rings is 1. The molecule has 0 atom stereocenters. The van der Waals surface area contributed by atoms with Crippen LogP contribution in [0.25, 0.3) is 5.65 Å². The van der Waals surface area contributed by atoms with Crippen molar-refractivity contribution in [1.29, 1.82) is 0 Å². The van der Waals surface area contributed by atoms with Gasteiger partial charge in [0.05, 0.1) is 12.2 Å². The molecule has 0 spiro atoms. The van der Waals surface area contributed by atoms with Crippen LogP contribution in [0.4, 0.5) is 0 Å². The van der Waals surface area contributed by atoms with Gasteiger partial charge in [0.2, 0.25) is 0 Å². The summed E-state index contributed by atoms with van der Waals surface area (Å²) in [5.74, 6) is 1.91. The Labute approximate surface area is 195 Å². The molecule has 1 aromatic carbocycles. The number of likely N-dealkylation sites (tertiary alicyclic amines) is 1. The van der Waals surface area contributed by atoms with Gasteiger partial charge >= 0.3 is 0 Å². The third kappa shape index (κ3) is 5.44. The zero-order valence-corrected chi connectivity index (χ0v) is 20.0. The summed E-state index contributed by atoms with van der Waals surface area (Å²) >= 11 is 0. The van der Waals surface area contributed by atoms with Crippen molar-refractivity contribution < 1.29 is 4.74 Å². The Morgan fingerprint density at radius 2 is 1.90 bits per heavy atom. The number of fused-ring (bicyclic) bond motifs is 1. The van der Waals surface area contributed by atoms with Crippen LogP contribution in [-0.4, -0.2) is 46.0 Å². The summed E-state index contributed by atoms with van der Waals surface area (Å²) in [7, 11) is 0. The van der Waals surface area contributed by atoms with Gasteiger partial charge in [0, 0.05) is 44.4 Å². The second kappa shape index (κ2) is 10.7. The highest BCUT2D eigenvalue weighted by Crippen LogP contribution is 2.19. The zero-order valence-electron chi connectivity index (χ0n) is 17.6. The Morgan fingerprint density at radius 3 is 2.60 bits per heavy atom. The molecule has 3 heterocycles. The first-order chi connectivity index (χ1) is 14.2. The van der Waals surface area contributed by atoms with Gasteiger partial charge in [0.25, 0.3) is 0 Å². The zero-order chi connectivity index (χ0) is 20.1. The van der Waals surface area contributed by atoms with Gasteiger partial charge in [0.15, 0.2) is 5.96 Å². The predicted molar refractivity (Wildman–Crippen MR) is 132 cm³/mol. The molecule has 0 bridgehead atoms. The van der Waals surface area contributed by atoms with Gasteiger partial charge in [-0.05, 0) is 38.1 Å². The molecule has 6 nitrogen and oxygen atoms in total. The smallest absolute Gasteiger partial charge is 0.194 e. The van der Waals surface area contributed by atoms with E-state index in [0.717, 1.165) is 55.5 Å². The van der Waals surface area contributed by atoms with E-state index in [1.807, 2.05) is 42.5 Å². The molecule has 0 unspecified atom stereocenters. The molecule has 1 saturated heterocycles. The van der Waals surface area contributed by atoms with E-state index in [4.69, 9.17) is 14.7 Å². The van der Waals surface area contributed by atoms with Crippen LogP contribution in [0.15, 0.2) is 59.7 Å². The van der Waals surface area contributed by atoms with Crippen molar-refractivity contribution in [3.05, 3.63) is 66.1 Å². The molecular weight excluding hydrogens is 489 g/mol. The van der Waals surface area contributed by atoms with E-state index in [0.29, 0.717) is 6.54 Å². The minimum absolute atomic E-state index is 0. The lowest BCUT2D eigenvalue weighted by Crippen LogP contribution is -2.47. The number of piperidine rings is 1. The molecule has 0 aliphatic carbocycles. The third-order valence-electron chi connectivity index (χ3n) is 5.26. The maximum absolute atomic E-state index is 6.12. The molecule has 3 aromatic rings.